The summed E-state index contributed by atoms with van der Waals surface area (Å²) in [6.45, 7) is 0. The van der Waals surface area contributed by atoms with Crippen molar-refractivity contribution < 1.29 is 4.52 Å². The summed E-state index contributed by atoms with van der Waals surface area (Å²) in [5, 5.41) is 6.86. The first kappa shape index (κ1) is 13.9. The largest absolute Gasteiger partial charge is 0.339 e. The summed E-state index contributed by atoms with van der Waals surface area (Å²) in [6, 6.07) is 18.1. The minimum absolute atomic E-state index is 0.439. The Morgan fingerprint density at radius 1 is 0.957 bits per heavy atom. The van der Waals surface area contributed by atoms with E-state index in [0.29, 0.717) is 23.3 Å². The normalized spacial score (nSPS) is 11.0. The predicted octanol–water partition coefficient (Wildman–Crippen LogP) is 4.53. The molecule has 23 heavy (non-hydrogen) atoms. The van der Waals surface area contributed by atoms with Crippen LogP contribution in [-0.2, 0) is 6.42 Å². The van der Waals surface area contributed by atoms with Gasteiger partial charge in [-0.2, -0.15) is 4.98 Å². The summed E-state index contributed by atoms with van der Waals surface area (Å²) in [5.74, 6) is 1.09. The van der Waals surface area contributed by atoms with Crippen LogP contribution in [0.2, 0.25) is 5.15 Å². The molecule has 2 heterocycles. The van der Waals surface area contributed by atoms with Gasteiger partial charge in [0, 0.05) is 11.8 Å². The molecule has 4 aromatic rings. The summed E-state index contributed by atoms with van der Waals surface area (Å²) in [6.07, 6.45) is 2.23. The zero-order valence-electron chi connectivity index (χ0n) is 12.1. The molecule has 5 heteroatoms. The van der Waals surface area contributed by atoms with Crippen molar-refractivity contribution >= 4 is 22.4 Å². The number of hydrogen-bond donors (Lipinski definition) is 0. The number of rotatable bonds is 3. The second-order valence-electron chi connectivity index (χ2n) is 5.24. The van der Waals surface area contributed by atoms with Crippen molar-refractivity contribution in [2.75, 3.05) is 0 Å². The number of fused-ring (bicyclic) bond motifs is 1. The first-order chi connectivity index (χ1) is 11.3. The fourth-order valence-electron chi connectivity index (χ4n) is 2.48. The molecule has 4 nitrogen and oxygen atoms in total. The molecule has 0 amide bonds. The molecule has 0 fully saturated rings. The van der Waals surface area contributed by atoms with Crippen LogP contribution < -0.4 is 0 Å². The number of nitrogens with zero attached hydrogens (tertiary/aromatic N) is 3. The van der Waals surface area contributed by atoms with Crippen molar-refractivity contribution in [3.8, 4) is 11.4 Å². The Kier molecular flexibility index (Phi) is 3.52. The second-order valence-corrected chi connectivity index (χ2v) is 5.63. The number of pyridine rings is 1. The molecule has 0 spiro atoms. The van der Waals surface area contributed by atoms with Gasteiger partial charge in [0.2, 0.25) is 11.7 Å². The van der Waals surface area contributed by atoms with E-state index in [9.17, 15) is 0 Å². The molecule has 0 atom stereocenters. The third kappa shape index (κ3) is 2.94. The molecule has 0 aliphatic heterocycles. The van der Waals surface area contributed by atoms with Gasteiger partial charge in [-0.05, 0) is 28.5 Å². The van der Waals surface area contributed by atoms with Gasteiger partial charge in [0.05, 0.1) is 6.42 Å². The molecule has 0 saturated carbocycles. The van der Waals surface area contributed by atoms with Gasteiger partial charge in [0.15, 0.2) is 0 Å². The SMILES string of the molecule is Clc1ccc(-c2noc(Cc3ccc4ccccc4c3)n2)cn1. The predicted molar refractivity (Wildman–Crippen MR) is 89.3 cm³/mol. The van der Waals surface area contributed by atoms with E-state index in [1.54, 1.807) is 12.3 Å². The first-order valence-corrected chi connectivity index (χ1v) is 7.58. The van der Waals surface area contributed by atoms with E-state index in [0.717, 1.165) is 11.1 Å². The zero-order chi connectivity index (χ0) is 15.6. The van der Waals surface area contributed by atoms with Crippen molar-refractivity contribution in [1.29, 1.82) is 0 Å². The van der Waals surface area contributed by atoms with Crippen molar-refractivity contribution in [3.05, 3.63) is 77.4 Å². The number of halogens is 1. The lowest BCUT2D eigenvalue weighted by atomic mass is 10.1. The highest BCUT2D eigenvalue weighted by atomic mass is 35.5. The maximum atomic E-state index is 5.78. The van der Waals surface area contributed by atoms with Crippen molar-refractivity contribution in [3.63, 3.8) is 0 Å². The lowest BCUT2D eigenvalue weighted by molar-refractivity contribution is 0.386. The molecule has 4 rings (SSSR count). The van der Waals surface area contributed by atoms with Crippen LogP contribution in [0.1, 0.15) is 11.5 Å². The molecule has 0 aliphatic rings. The smallest absolute Gasteiger partial charge is 0.231 e. The average Bonchev–Trinajstić information content (AvgIpc) is 3.04. The molecule has 0 saturated heterocycles. The summed E-state index contributed by atoms with van der Waals surface area (Å²) >= 11 is 5.78. The third-order valence-electron chi connectivity index (χ3n) is 3.62. The molecule has 2 aromatic carbocycles. The summed E-state index contributed by atoms with van der Waals surface area (Å²) in [4.78, 5) is 8.45. The van der Waals surface area contributed by atoms with Crippen molar-refractivity contribution in [2.24, 2.45) is 0 Å². The third-order valence-corrected chi connectivity index (χ3v) is 3.85. The maximum absolute atomic E-state index is 5.78. The van der Waals surface area contributed by atoms with Gasteiger partial charge in [-0.15, -0.1) is 0 Å². The van der Waals surface area contributed by atoms with E-state index in [2.05, 4.69) is 45.5 Å². The van der Waals surface area contributed by atoms with E-state index in [4.69, 9.17) is 16.1 Å². The van der Waals surface area contributed by atoms with Gasteiger partial charge < -0.3 is 4.52 Å². The van der Waals surface area contributed by atoms with E-state index in [-0.39, 0.29) is 0 Å². The average molecular weight is 322 g/mol. The van der Waals surface area contributed by atoms with Gasteiger partial charge in [-0.1, -0.05) is 59.2 Å². The van der Waals surface area contributed by atoms with Crippen LogP contribution in [0.4, 0.5) is 0 Å². The molecule has 0 radical (unpaired) electrons. The highest BCUT2D eigenvalue weighted by Crippen LogP contribution is 2.20. The molecule has 0 unspecified atom stereocenters. The van der Waals surface area contributed by atoms with Gasteiger partial charge in [0.25, 0.3) is 0 Å². The van der Waals surface area contributed by atoms with Crippen LogP contribution in [0.15, 0.2) is 65.3 Å². The molecule has 0 bridgehead atoms. The lowest BCUT2D eigenvalue weighted by Gasteiger charge is -2.00. The maximum Gasteiger partial charge on any atom is 0.231 e. The minimum atomic E-state index is 0.439. The van der Waals surface area contributed by atoms with Crippen molar-refractivity contribution in [2.45, 2.75) is 6.42 Å². The Hall–Kier alpha value is -2.72. The minimum Gasteiger partial charge on any atom is -0.339 e. The number of hydrogen-bond acceptors (Lipinski definition) is 4. The fraction of sp³-hybridized carbons (Fsp3) is 0.0556. The lowest BCUT2D eigenvalue weighted by Crippen LogP contribution is -1.89. The molecule has 0 aliphatic carbocycles. The van der Waals surface area contributed by atoms with Crippen LogP contribution >= 0.6 is 11.6 Å². The Morgan fingerprint density at radius 3 is 2.65 bits per heavy atom. The van der Waals surface area contributed by atoms with Crippen LogP contribution in [0.5, 0.6) is 0 Å². The summed E-state index contributed by atoms with van der Waals surface area (Å²) < 4.78 is 5.34. The molecule has 2 aromatic heterocycles. The zero-order valence-corrected chi connectivity index (χ0v) is 12.9. The molecule has 0 N–H and O–H groups in total. The monoisotopic (exact) mass is 321 g/mol. The van der Waals surface area contributed by atoms with Crippen LogP contribution in [0, 0.1) is 0 Å². The van der Waals surface area contributed by atoms with E-state index >= 15 is 0 Å². The van der Waals surface area contributed by atoms with Crippen molar-refractivity contribution in [1.82, 2.24) is 15.1 Å². The Bertz CT molecular complexity index is 963. The van der Waals surface area contributed by atoms with E-state index in [1.807, 2.05) is 18.2 Å². The van der Waals surface area contributed by atoms with Crippen LogP contribution in [-0.4, -0.2) is 15.1 Å². The molecule has 112 valence electrons. The quantitative estimate of drug-likeness (QED) is 0.520. The van der Waals surface area contributed by atoms with Gasteiger partial charge in [0.1, 0.15) is 5.15 Å². The highest BCUT2D eigenvalue weighted by Gasteiger charge is 2.10. The van der Waals surface area contributed by atoms with Gasteiger partial charge in [-0.3, -0.25) is 0 Å². The molecular weight excluding hydrogens is 310 g/mol. The molecular formula is C18H12ClN3O. The fourth-order valence-corrected chi connectivity index (χ4v) is 2.59. The van der Waals surface area contributed by atoms with Crippen LogP contribution in [0.3, 0.4) is 0 Å². The summed E-state index contributed by atoms with van der Waals surface area (Å²) in [5.41, 5.74) is 1.91. The highest BCUT2D eigenvalue weighted by molar-refractivity contribution is 6.29. The topological polar surface area (TPSA) is 51.8 Å². The standard InChI is InChI=1S/C18H12ClN3O/c19-16-8-7-15(11-20-16)18-21-17(23-22-18)10-12-5-6-13-3-1-2-4-14(13)9-12/h1-9,11H,10H2. The number of benzene rings is 2. The van der Waals surface area contributed by atoms with Gasteiger partial charge >= 0.3 is 0 Å². The van der Waals surface area contributed by atoms with Gasteiger partial charge in [-0.25, -0.2) is 4.98 Å². The first-order valence-electron chi connectivity index (χ1n) is 7.20. The van der Waals surface area contributed by atoms with E-state index < -0.39 is 0 Å². The Balaban J connectivity index is 1.60. The van der Waals surface area contributed by atoms with E-state index in [1.165, 1.54) is 10.8 Å². The Morgan fingerprint density at radius 2 is 1.83 bits per heavy atom. The second kappa shape index (κ2) is 5.82. The van der Waals surface area contributed by atoms with Crippen LogP contribution in [0.25, 0.3) is 22.2 Å². The number of aromatic nitrogens is 3. The Labute approximate surface area is 137 Å². The summed E-state index contributed by atoms with van der Waals surface area (Å²) in [7, 11) is 0.